The van der Waals surface area contributed by atoms with Crippen molar-refractivity contribution in [3.63, 3.8) is 0 Å². The Morgan fingerprint density at radius 3 is 2.12 bits per heavy atom. The lowest BCUT2D eigenvalue weighted by Crippen LogP contribution is -3.05. The molecule has 0 aliphatic carbocycles. The Bertz CT molecular complexity index is 322. The zero-order valence-electron chi connectivity index (χ0n) is 11.8. The minimum Gasteiger partial charge on any atom is -0.493 e. The highest BCUT2D eigenvalue weighted by atomic mass is 16.5. The number of hydrogen-bond acceptors (Lipinski definition) is 1. The van der Waals surface area contributed by atoms with E-state index < -0.39 is 0 Å². The summed E-state index contributed by atoms with van der Waals surface area (Å²) in [7, 11) is 4.33. The second-order valence-electron chi connectivity index (χ2n) is 5.93. The summed E-state index contributed by atoms with van der Waals surface area (Å²) in [5.41, 5.74) is 1.56. The molecule has 1 N–H and O–H groups in total. The van der Waals surface area contributed by atoms with Crippen LogP contribution < -0.4 is 9.64 Å². The summed E-state index contributed by atoms with van der Waals surface area (Å²) >= 11 is 0. The molecule has 0 saturated heterocycles. The Hall–Kier alpha value is -1.02. The summed E-state index contributed by atoms with van der Waals surface area (Å²) in [4.78, 5) is 1.47. The molecule has 0 atom stereocenters. The number of benzene rings is 1. The van der Waals surface area contributed by atoms with Gasteiger partial charge in [-0.05, 0) is 23.1 Å². The van der Waals surface area contributed by atoms with Crippen molar-refractivity contribution in [1.29, 1.82) is 0 Å². The first-order valence-corrected chi connectivity index (χ1v) is 6.42. The molecule has 1 aromatic rings. The molecule has 0 aromatic heterocycles. The number of rotatable bonds is 5. The third-order valence-corrected chi connectivity index (χ3v) is 2.81. The lowest BCUT2D eigenvalue weighted by atomic mass is 9.87. The first-order chi connectivity index (χ1) is 7.89. The highest BCUT2D eigenvalue weighted by molar-refractivity contribution is 5.31. The van der Waals surface area contributed by atoms with Gasteiger partial charge in [-0.25, -0.2) is 0 Å². The second kappa shape index (κ2) is 6.06. The van der Waals surface area contributed by atoms with Gasteiger partial charge in [0.25, 0.3) is 0 Å². The Morgan fingerprint density at radius 2 is 1.65 bits per heavy atom. The third kappa shape index (κ3) is 5.22. The van der Waals surface area contributed by atoms with E-state index in [1.165, 1.54) is 10.5 Å². The highest BCUT2D eigenvalue weighted by Gasteiger charge is 2.12. The standard InChI is InChI=1S/C15H25NO/c1-15(2,3)13-7-9-14(10-8-13)17-12-6-11-16(4)5/h7-10H,6,11-12H2,1-5H3/p+1. The molecule has 2 nitrogen and oxygen atoms in total. The molecule has 0 fully saturated rings. The van der Waals surface area contributed by atoms with Crippen LogP contribution in [0.15, 0.2) is 24.3 Å². The van der Waals surface area contributed by atoms with Gasteiger partial charge in [-0.1, -0.05) is 32.9 Å². The van der Waals surface area contributed by atoms with E-state index >= 15 is 0 Å². The van der Waals surface area contributed by atoms with Crippen molar-refractivity contribution >= 4 is 0 Å². The Balaban J connectivity index is 2.41. The van der Waals surface area contributed by atoms with Gasteiger partial charge in [0.15, 0.2) is 0 Å². The van der Waals surface area contributed by atoms with Gasteiger partial charge in [-0.3, -0.25) is 0 Å². The fraction of sp³-hybridized carbons (Fsp3) is 0.600. The lowest BCUT2D eigenvalue weighted by molar-refractivity contribution is -0.858. The van der Waals surface area contributed by atoms with Crippen LogP contribution in [0.5, 0.6) is 5.75 Å². The number of hydrogen-bond donors (Lipinski definition) is 1. The molecule has 0 unspecified atom stereocenters. The summed E-state index contributed by atoms with van der Waals surface area (Å²) in [6.45, 7) is 8.63. The summed E-state index contributed by atoms with van der Waals surface area (Å²) in [5, 5.41) is 0. The molecular weight excluding hydrogens is 210 g/mol. The first kappa shape index (κ1) is 14.0. The fourth-order valence-corrected chi connectivity index (χ4v) is 1.67. The quantitative estimate of drug-likeness (QED) is 0.771. The van der Waals surface area contributed by atoms with Gasteiger partial charge >= 0.3 is 0 Å². The van der Waals surface area contributed by atoms with E-state index in [0.717, 1.165) is 25.3 Å². The van der Waals surface area contributed by atoms with Gasteiger partial charge in [0.1, 0.15) is 5.75 Å². The maximum atomic E-state index is 5.71. The van der Waals surface area contributed by atoms with Crippen molar-refractivity contribution in [1.82, 2.24) is 0 Å². The number of quaternary nitrogens is 1. The van der Waals surface area contributed by atoms with Crippen LogP contribution in [0.4, 0.5) is 0 Å². The molecule has 1 aromatic carbocycles. The van der Waals surface area contributed by atoms with E-state index in [9.17, 15) is 0 Å². The van der Waals surface area contributed by atoms with Crippen molar-refractivity contribution < 1.29 is 9.64 Å². The van der Waals surface area contributed by atoms with E-state index in [1.807, 2.05) is 0 Å². The topological polar surface area (TPSA) is 13.7 Å². The maximum absolute atomic E-state index is 5.71. The smallest absolute Gasteiger partial charge is 0.119 e. The zero-order chi connectivity index (χ0) is 12.9. The second-order valence-corrected chi connectivity index (χ2v) is 5.93. The van der Waals surface area contributed by atoms with Crippen LogP contribution in [-0.2, 0) is 5.41 Å². The Kier molecular flexibility index (Phi) is 5.01. The molecule has 96 valence electrons. The van der Waals surface area contributed by atoms with Gasteiger partial charge in [0.05, 0.1) is 27.2 Å². The molecule has 0 heterocycles. The van der Waals surface area contributed by atoms with Crippen LogP contribution in [0, 0.1) is 0 Å². The molecule has 0 aliphatic heterocycles. The van der Waals surface area contributed by atoms with E-state index in [2.05, 4.69) is 59.1 Å². The van der Waals surface area contributed by atoms with Crippen LogP contribution in [0.3, 0.4) is 0 Å². The lowest BCUT2D eigenvalue weighted by Gasteiger charge is -2.19. The Labute approximate surface area is 106 Å². The molecule has 0 aliphatic rings. The monoisotopic (exact) mass is 236 g/mol. The molecule has 0 amide bonds. The SMILES string of the molecule is C[NH+](C)CCCOc1ccc(C(C)(C)C)cc1. The molecule has 1 rings (SSSR count). The maximum Gasteiger partial charge on any atom is 0.119 e. The van der Waals surface area contributed by atoms with E-state index in [4.69, 9.17) is 4.74 Å². The van der Waals surface area contributed by atoms with Crippen LogP contribution >= 0.6 is 0 Å². The van der Waals surface area contributed by atoms with Crippen molar-refractivity contribution in [2.45, 2.75) is 32.6 Å². The zero-order valence-corrected chi connectivity index (χ0v) is 11.8. The minimum atomic E-state index is 0.215. The molecule has 0 spiro atoms. The fourth-order valence-electron chi connectivity index (χ4n) is 1.67. The van der Waals surface area contributed by atoms with E-state index in [0.29, 0.717) is 0 Å². The van der Waals surface area contributed by atoms with E-state index in [-0.39, 0.29) is 5.41 Å². The predicted octanol–water partition coefficient (Wildman–Crippen LogP) is 1.90. The molecular formula is C15H26NO+. The van der Waals surface area contributed by atoms with Crippen LogP contribution in [0.2, 0.25) is 0 Å². The van der Waals surface area contributed by atoms with Crippen LogP contribution in [0.25, 0.3) is 0 Å². The number of ether oxygens (including phenoxy) is 1. The molecule has 0 radical (unpaired) electrons. The number of nitrogens with one attached hydrogen (secondary N) is 1. The summed E-state index contributed by atoms with van der Waals surface area (Å²) in [6, 6.07) is 8.46. The van der Waals surface area contributed by atoms with Gasteiger partial charge in [0.2, 0.25) is 0 Å². The van der Waals surface area contributed by atoms with Gasteiger partial charge < -0.3 is 9.64 Å². The van der Waals surface area contributed by atoms with Gasteiger partial charge in [0, 0.05) is 6.42 Å². The molecule has 0 bridgehead atoms. The summed E-state index contributed by atoms with van der Waals surface area (Å²) < 4.78 is 5.71. The van der Waals surface area contributed by atoms with Crippen molar-refractivity contribution in [2.24, 2.45) is 0 Å². The Morgan fingerprint density at radius 1 is 1.06 bits per heavy atom. The average molecular weight is 236 g/mol. The molecule has 0 saturated carbocycles. The molecule has 2 heteroatoms. The van der Waals surface area contributed by atoms with Crippen LogP contribution in [0.1, 0.15) is 32.8 Å². The van der Waals surface area contributed by atoms with Crippen LogP contribution in [-0.4, -0.2) is 27.2 Å². The van der Waals surface area contributed by atoms with Gasteiger partial charge in [-0.15, -0.1) is 0 Å². The summed E-state index contributed by atoms with van der Waals surface area (Å²) in [6.07, 6.45) is 1.10. The highest BCUT2D eigenvalue weighted by Crippen LogP contribution is 2.24. The third-order valence-electron chi connectivity index (χ3n) is 2.81. The normalized spacial score (nSPS) is 11.9. The summed E-state index contributed by atoms with van der Waals surface area (Å²) in [5.74, 6) is 0.978. The average Bonchev–Trinajstić information content (AvgIpc) is 2.23. The van der Waals surface area contributed by atoms with Crippen molar-refractivity contribution in [3.8, 4) is 5.75 Å². The largest absolute Gasteiger partial charge is 0.493 e. The predicted molar refractivity (Wildman–Crippen MR) is 72.9 cm³/mol. The molecule has 17 heavy (non-hydrogen) atoms. The van der Waals surface area contributed by atoms with Crippen molar-refractivity contribution in [3.05, 3.63) is 29.8 Å². The minimum absolute atomic E-state index is 0.215. The van der Waals surface area contributed by atoms with Crippen molar-refractivity contribution in [2.75, 3.05) is 27.2 Å². The van der Waals surface area contributed by atoms with Gasteiger partial charge in [-0.2, -0.15) is 0 Å². The first-order valence-electron chi connectivity index (χ1n) is 6.42. The van der Waals surface area contributed by atoms with E-state index in [1.54, 1.807) is 0 Å².